The summed E-state index contributed by atoms with van der Waals surface area (Å²) in [7, 11) is 2.24. The molecule has 0 radical (unpaired) electrons. The summed E-state index contributed by atoms with van der Waals surface area (Å²) in [6.45, 7) is 7.25. The minimum atomic E-state index is 0.317. The van der Waals surface area contributed by atoms with Crippen molar-refractivity contribution in [2.75, 3.05) is 20.4 Å². The van der Waals surface area contributed by atoms with Crippen LogP contribution in [0.2, 0.25) is 0 Å². The van der Waals surface area contributed by atoms with Gasteiger partial charge in [0.25, 0.3) is 0 Å². The van der Waals surface area contributed by atoms with Gasteiger partial charge in [0.05, 0.1) is 0 Å². The first-order valence-electron chi connectivity index (χ1n) is 11.4. The van der Waals surface area contributed by atoms with Gasteiger partial charge in [-0.25, -0.2) is 0 Å². The van der Waals surface area contributed by atoms with Crippen LogP contribution in [0.15, 0.2) is 66.7 Å². The molecule has 0 N–H and O–H groups in total. The van der Waals surface area contributed by atoms with Crippen LogP contribution in [0, 0.1) is 5.92 Å². The van der Waals surface area contributed by atoms with E-state index in [-0.39, 0.29) is 0 Å². The van der Waals surface area contributed by atoms with Gasteiger partial charge < -0.3 is 14.4 Å². The molecule has 1 aliphatic heterocycles. The number of hydrogen-bond acceptors (Lipinski definition) is 3. The van der Waals surface area contributed by atoms with Crippen LogP contribution in [-0.4, -0.2) is 25.3 Å². The molecule has 2 aliphatic rings. The monoisotopic (exact) mass is 413 g/mol. The van der Waals surface area contributed by atoms with Crippen molar-refractivity contribution in [2.45, 2.75) is 38.6 Å². The van der Waals surface area contributed by atoms with Crippen LogP contribution < -0.4 is 9.47 Å². The van der Waals surface area contributed by atoms with Crippen molar-refractivity contribution in [3.05, 3.63) is 83.4 Å². The number of ether oxygens (including phenoxy) is 2. The highest BCUT2D eigenvalue weighted by atomic mass is 16.7. The Labute approximate surface area is 185 Å². The fraction of sp³-hybridized carbons (Fsp3) is 0.357. The van der Waals surface area contributed by atoms with E-state index in [4.69, 9.17) is 9.47 Å². The zero-order chi connectivity index (χ0) is 21.4. The van der Waals surface area contributed by atoms with Crippen LogP contribution in [0.1, 0.15) is 48.8 Å². The fourth-order valence-corrected chi connectivity index (χ4v) is 5.23. The minimum Gasteiger partial charge on any atom is -0.454 e. The van der Waals surface area contributed by atoms with Crippen LogP contribution >= 0.6 is 0 Å². The molecule has 0 saturated heterocycles. The lowest BCUT2D eigenvalue weighted by molar-refractivity contribution is 0.174. The topological polar surface area (TPSA) is 21.7 Å². The second kappa shape index (κ2) is 8.39. The van der Waals surface area contributed by atoms with Crippen molar-refractivity contribution < 1.29 is 9.47 Å². The Balaban J connectivity index is 1.32. The van der Waals surface area contributed by atoms with E-state index >= 15 is 0 Å². The summed E-state index contributed by atoms with van der Waals surface area (Å²) in [6.07, 6.45) is 1.20. The van der Waals surface area contributed by atoms with E-state index in [2.05, 4.69) is 86.5 Å². The van der Waals surface area contributed by atoms with Crippen molar-refractivity contribution >= 4 is 0 Å². The Morgan fingerprint density at radius 1 is 0.839 bits per heavy atom. The van der Waals surface area contributed by atoms with E-state index in [0.717, 1.165) is 24.6 Å². The SMILES string of the molecule is CC1c2cc(-c3ccc4c(c3)OCO4)ccc2C(CCN(C)Cc2ccccc2)[C@@H]1C. The van der Waals surface area contributed by atoms with E-state index in [1.54, 1.807) is 0 Å². The second-order valence-electron chi connectivity index (χ2n) is 9.18. The summed E-state index contributed by atoms with van der Waals surface area (Å²) in [4.78, 5) is 2.45. The molecule has 3 atom stereocenters. The molecule has 0 saturated carbocycles. The molecule has 1 aliphatic carbocycles. The third kappa shape index (κ3) is 3.95. The van der Waals surface area contributed by atoms with Gasteiger partial charge in [0, 0.05) is 6.54 Å². The largest absolute Gasteiger partial charge is 0.454 e. The molecule has 0 amide bonds. The van der Waals surface area contributed by atoms with Crippen molar-refractivity contribution in [1.82, 2.24) is 4.90 Å². The Bertz CT molecular complexity index is 1060. The van der Waals surface area contributed by atoms with Crippen LogP contribution in [0.25, 0.3) is 11.1 Å². The number of benzene rings is 3. The lowest BCUT2D eigenvalue weighted by Gasteiger charge is -2.23. The summed E-state index contributed by atoms with van der Waals surface area (Å²) in [5.41, 5.74) is 6.89. The first-order chi connectivity index (χ1) is 15.1. The van der Waals surface area contributed by atoms with Crippen LogP contribution in [0.4, 0.5) is 0 Å². The van der Waals surface area contributed by atoms with Crippen molar-refractivity contribution in [3.63, 3.8) is 0 Å². The van der Waals surface area contributed by atoms with Crippen molar-refractivity contribution in [3.8, 4) is 22.6 Å². The number of rotatable bonds is 6. The van der Waals surface area contributed by atoms with Crippen molar-refractivity contribution in [2.24, 2.45) is 5.92 Å². The summed E-state index contributed by atoms with van der Waals surface area (Å²) in [5, 5.41) is 0. The normalized spacial score (nSPS) is 21.5. The maximum Gasteiger partial charge on any atom is 0.231 e. The van der Waals surface area contributed by atoms with Gasteiger partial charge in [0.2, 0.25) is 6.79 Å². The van der Waals surface area contributed by atoms with Gasteiger partial charge in [0.1, 0.15) is 0 Å². The molecule has 3 aromatic carbocycles. The number of hydrogen-bond donors (Lipinski definition) is 0. The van der Waals surface area contributed by atoms with Gasteiger partial charge in [-0.3, -0.25) is 0 Å². The van der Waals surface area contributed by atoms with Crippen molar-refractivity contribution in [1.29, 1.82) is 0 Å². The molecule has 2 unspecified atom stereocenters. The van der Waals surface area contributed by atoms with E-state index in [1.165, 1.54) is 34.2 Å². The predicted molar refractivity (Wildman–Crippen MR) is 126 cm³/mol. The van der Waals surface area contributed by atoms with Gasteiger partial charge >= 0.3 is 0 Å². The number of fused-ring (bicyclic) bond motifs is 2. The summed E-state index contributed by atoms with van der Waals surface area (Å²) in [6, 6.07) is 24.1. The molecule has 0 aromatic heterocycles. The third-order valence-electron chi connectivity index (χ3n) is 7.22. The summed E-state index contributed by atoms with van der Waals surface area (Å²) in [5.74, 6) is 3.54. The average molecular weight is 414 g/mol. The molecular formula is C28H31NO2. The van der Waals surface area contributed by atoms with Crippen LogP contribution in [0.5, 0.6) is 11.5 Å². The first-order valence-corrected chi connectivity index (χ1v) is 11.4. The molecule has 3 heteroatoms. The Morgan fingerprint density at radius 2 is 1.58 bits per heavy atom. The smallest absolute Gasteiger partial charge is 0.231 e. The quantitative estimate of drug-likeness (QED) is 0.464. The average Bonchev–Trinajstić information content (AvgIpc) is 3.35. The molecule has 3 aromatic rings. The van der Waals surface area contributed by atoms with Crippen LogP contribution in [0.3, 0.4) is 0 Å². The lowest BCUT2D eigenvalue weighted by Crippen LogP contribution is -2.22. The predicted octanol–water partition coefficient (Wildman–Crippen LogP) is 6.44. The minimum absolute atomic E-state index is 0.317. The molecule has 160 valence electrons. The third-order valence-corrected chi connectivity index (χ3v) is 7.22. The van der Waals surface area contributed by atoms with Gasteiger partial charge in [-0.05, 0) is 77.7 Å². The van der Waals surface area contributed by atoms with Gasteiger partial charge in [-0.2, -0.15) is 0 Å². The highest BCUT2D eigenvalue weighted by Gasteiger charge is 2.35. The molecule has 0 spiro atoms. The Kier molecular flexibility index (Phi) is 5.45. The Morgan fingerprint density at radius 3 is 2.42 bits per heavy atom. The molecule has 0 fully saturated rings. The van der Waals surface area contributed by atoms with E-state index in [1.807, 2.05) is 6.07 Å². The first kappa shape index (κ1) is 20.1. The molecule has 0 bridgehead atoms. The standard InChI is InChI=1S/C28H31NO2/c1-19-20(2)26-15-22(23-10-12-27-28(16-23)31-18-30-27)9-11-25(26)24(19)13-14-29(3)17-21-7-5-4-6-8-21/h4-12,15-16,19-20,24H,13-14,17-18H2,1-3H3/t19-,20?,24?/m1/s1. The van der Waals surface area contributed by atoms with E-state index < -0.39 is 0 Å². The summed E-state index contributed by atoms with van der Waals surface area (Å²) < 4.78 is 11.0. The van der Waals surface area contributed by atoms with E-state index in [0.29, 0.717) is 24.5 Å². The maximum absolute atomic E-state index is 5.58. The van der Waals surface area contributed by atoms with Gasteiger partial charge in [-0.1, -0.05) is 68.4 Å². The molecule has 31 heavy (non-hydrogen) atoms. The highest BCUT2D eigenvalue weighted by Crippen LogP contribution is 2.49. The molecular weight excluding hydrogens is 382 g/mol. The van der Waals surface area contributed by atoms with Gasteiger partial charge in [0.15, 0.2) is 11.5 Å². The zero-order valence-corrected chi connectivity index (χ0v) is 18.7. The van der Waals surface area contributed by atoms with E-state index in [9.17, 15) is 0 Å². The fourth-order valence-electron chi connectivity index (χ4n) is 5.23. The number of nitrogens with zero attached hydrogens (tertiary/aromatic N) is 1. The van der Waals surface area contributed by atoms with Crippen LogP contribution in [-0.2, 0) is 6.54 Å². The molecule has 5 rings (SSSR count). The molecule has 1 heterocycles. The summed E-state index contributed by atoms with van der Waals surface area (Å²) >= 11 is 0. The Hall–Kier alpha value is -2.78. The maximum atomic E-state index is 5.58. The second-order valence-corrected chi connectivity index (χ2v) is 9.18. The zero-order valence-electron chi connectivity index (χ0n) is 18.7. The molecule has 3 nitrogen and oxygen atoms in total. The highest BCUT2D eigenvalue weighted by molar-refractivity contribution is 5.69. The lowest BCUT2D eigenvalue weighted by atomic mass is 9.87. The van der Waals surface area contributed by atoms with Gasteiger partial charge in [-0.15, -0.1) is 0 Å².